The maximum atomic E-state index is 13.4. The van der Waals surface area contributed by atoms with Crippen molar-refractivity contribution in [1.29, 1.82) is 0 Å². The highest BCUT2D eigenvalue weighted by Crippen LogP contribution is 2.40. The molecule has 0 spiro atoms. The number of carboxylic acids is 1. The van der Waals surface area contributed by atoms with E-state index in [0.29, 0.717) is 17.0 Å². The number of fused-ring (bicyclic) bond motifs is 2. The van der Waals surface area contributed by atoms with E-state index in [4.69, 9.17) is 23.8 Å². The molecule has 3 aromatic carbocycles. The van der Waals surface area contributed by atoms with Crippen molar-refractivity contribution in [3.8, 4) is 22.6 Å². The Hall–Kier alpha value is -5.88. The van der Waals surface area contributed by atoms with E-state index in [9.17, 15) is 39.9 Å². The van der Waals surface area contributed by atoms with Crippen LogP contribution in [0.2, 0.25) is 0 Å². The number of aromatic hydroxyl groups is 1. The molecular weight excluding hydrogens is 708 g/mol. The predicted octanol–water partition coefficient (Wildman–Crippen LogP) is 1.91. The number of hydrogen-bond acceptors (Lipinski definition) is 15. The fraction of sp³-hybridized carbons (Fsp3) is 0.263. The van der Waals surface area contributed by atoms with E-state index in [1.54, 1.807) is 24.4 Å². The van der Waals surface area contributed by atoms with Gasteiger partial charge in [-0.1, -0.05) is 29.3 Å². The van der Waals surface area contributed by atoms with Gasteiger partial charge < -0.3 is 49.3 Å². The van der Waals surface area contributed by atoms with E-state index >= 15 is 0 Å². The van der Waals surface area contributed by atoms with Crippen LogP contribution in [0.25, 0.3) is 27.8 Å². The molecule has 3 aliphatic rings. The van der Waals surface area contributed by atoms with Crippen LogP contribution in [0.5, 0.6) is 11.5 Å². The number of aliphatic imine (C=N–C) groups is 1. The molecule has 0 amide bonds. The highest BCUT2D eigenvalue weighted by Gasteiger charge is 2.52. The predicted molar refractivity (Wildman–Crippen MR) is 188 cm³/mol. The molecule has 7 atom stereocenters. The van der Waals surface area contributed by atoms with Gasteiger partial charge in [0, 0.05) is 23.4 Å². The lowest BCUT2D eigenvalue weighted by atomic mass is 9.98. The molecule has 0 saturated carbocycles. The number of hydrogen-bond donors (Lipinski definition) is 6. The molecule has 0 unspecified atom stereocenters. The third kappa shape index (κ3) is 6.96. The van der Waals surface area contributed by atoms with Crippen LogP contribution in [0.3, 0.4) is 0 Å². The van der Waals surface area contributed by atoms with E-state index in [0.717, 1.165) is 22.3 Å². The first kappa shape index (κ1) is 36.5. The summed E-state index contributed by atoms with van der Waals surface area (Å²) in [6.07, 6.45) is -9.43. The monoisotopic (exact) mass is 742 g/mol. The summed E-state index contributed by atoms with van der Waals surface area (Å²) in [7, 11) is 0. The largest absolute Gasteiger partial charge is 0.508 e. The Balaban J connectivity index is 1.22. The second kappa shape index (κ2) is 14.5. The topological polar surface area (TPSA) is 238 Å². The number of carboxylic acid groups (broad SMARTS) is 1. The van der Waals surface area contributed by atoms with Crippen molar-refractivity contribution < 1.29 is 63.7 Å². The summed E-state index contributed by atoms with van der Waals surface area (Å²) >= 11 is 0. The van der Waals surface area contributed by atoms with Gasteiger partial charge in [0.25, 0.3) is 0 Å². The van der Waals surface area contributed by atoms with Crippen molar-refractivity contribution in [2.24, 2.45) is 4.99 Å². The molecular formula is C38H34N2O14. The lowest BCUT2D eigenvalue weighted by molar-refractivity contribution is -0.344. The zero-order valence-electron chi connectivity index (χ0n) is 28.6. The van der Waals surface area contributed by atoms with E-state index in [-0.39, 0.29) is 40.0 Å². The number of benzene rings is 3. The summed E-state index contributed by atoms with van der Waals surface area (Å²) < 4.78 is 22.4. The number of esters is 1. The Bertz CT molecular complexity index is 2260. The number of carbonyl (C=O) groups is 2. The van der Waals surface area contributed by atoms with Gasteiger partial charge in [0.2, 0.25) is 18.7 Å². The van der Waals surface area contributed by atoms with Gasteiger partial charge in [-0.05, 0) is 61.9 Å². The minimum absolute atomic E-state index is 0.0234. The fourth-order valence-electron chi connectivity index (χ4n) is 6.50. The third-order valence-electron chi connectivity index (χ3n) is 9.05. The van der Waals surface area contributed by atoms with Crippen LogP contribution >= 0.6 is 0 Å². The smallest absolute Gasteiger partial charge is 0.349 e. The second-order valence-electron chi connectivity index (χ2n) is 13.0. The lowest BCUT2D eigenvalue weighted by Crippen LogP contribution is -2.64. The third-order valence-corrected chi connectivity index (χ3v) is 9.05. The van der Waals surface area contributed by atoms with Crippen molar-refractivity contribution in [3.05, 3.63) is 111 Å². The number of rotatable bonds is 10. The van der Waals surface area contributed by atoms with Gasteiger partial charge in [0.15, 0.2) is 17.6 Å². The molecule has 0 radical (unpaired) electrons. The molecule has 6 N–H and O–H groups in total. The summed E-state index contributed by atoms with van der Waals surface area (Å²) in [5, 5.41) is 63.2. The zero-order chi connectivity index (χ0) is 38.4. The Morgan fingerprint density at radius 3 is 2.39 bits per heavy atom. The van der Waals surface area contributed by atoms with Gasteiger partial charge in [0.05, 0.1) is 28.9 Å². The molecule has 0 bridgehead atoms. The van der Waals surface area contributed by atoms with Crippen LogP contribution in [0.15, 0.2) is 98.5 Å². The Morgan fingerprint density at radius 1 is 0.963 bits per heavy atom. The number of allylic oxidation sites excluding steroid dienone is 1. The molecule has 1 aromatic heterocycles. The number of aliphatic carboxylic acids is 1. The number of phenols is 1. The highest BCUT2D eigenvalue weighted by molar-refractivity contribution is 5.96. The van der Waals surface area contributed by atoms with Crippen molar-refractivity contribution in [2.75, 3.05) is 6.54 Å². The number of aryl methyl sites for hydroxylation is 2. The number of aliphatic hydroxyl groups excluding tert-OH is 4. The Labute approximate surface area is 305 Å². The lowest BCUT2D eigenvalue weighted by Gasteiger charge is -2.44. The van der Waals surface area contributed by atoms with Gasteiger partial charge in [-0.25, -0.2) is 14.7 Å². The molecule has 1 fully saturated rings. The maximum Gasteiger partial charge on any atom is 0.349 e. The minimum atomic E-state index is -2.65. The van der Waals surface area contributed by atoms with E-state index in [2.05, 4.69) is 9.73 Å². The van der Waals surface area contributed by atoms with Crippen LogP contribution < -0.4 is 10.2 Å². The quantitative estimate of drug-likeness (QED) is 0.0773. The standard InChI is InChI=1S/C38H34N2O14/c1-17-11-18(2)13-21(12-17)28-27-20(9-10-39-27)15-40(28)54-34-31(44)30(43)33(37(49)53-36(48)32(45)35(46)47)52-38(34)51-23-7-8-24-26(14-23)50-16-25(29(24)42)19-3-5-22(41)6-4-19/h3-14,16,30-34,37-38,41,43-45,49H,15H2,1-2H3,(H,46,47)/t30-,31-,32-,33-,34+,37+,38+/m1/s1. The molecule has 4 aromatic rings. The van der Waals surface area contributed by atoms with Crippen LogP contribution in [0.1, 0.15) is 16.7 Å². The first-order valence-electron chi connectivity index (χ1n) is 16.6. The Kier molecular flexibility index (Phi) is 9.80. The van der Waals surface area contributed by atoms with Crippen LogP contribution in [-0.2, 0) is 23.9 Å². The maximum absolute atomic E-state index is 13.4. The molecule has 16 heteroatoms. The second-order valence-corrected chi connectivity index (χ2v) is 13.0. The van der Waals surface area contributed by atoms with Gasteiger partial charge in [0.1, 0.15) is 35.6 Å². The molecule has 4 heterocycles. The first-order chi connectivity index (χ1) is 25.8. The van der Waals surface area contributed by atoms with Crippen LogP contribution in [0.4, 0.5) is 0 Å². The molecule has 16 nitrogen and oxygen atoms in total. The number of ether oxygens (including phenoxy) is 3. The van der Waals surface area contributed by atoms with Gasteiger partial charge in [-0.15, -0.1) is 0 Å². The molecule has 280 valence electrons. The van der Waals surface area contributed by atoms with Gasteiger partial charge >= 0.3 is 11.9 Å². The Morgan fingerprint density at radius 2 is 1.69 bits per heavy atom. The molecule has 1 saturated heterocycles. The average Bonchev–Trinajstić information content (AvgIpc) is 3.72. The zero-order valence-corrected chi connectivity index (χ0v) is 28.6. The minimum Gasteiger partial charge on any atom is -0.508 e. The van der Waals surface area contributed by atoms with Crippen molar-refractivity contribution in [2.45, 2.75) is 56.9 Å². The summed E-state index contributed by atoms with van der Waals surface area (Å²) in [5.74, 6) is -3.66. The van der Waals surface area contributed by atoms with Crippen molar-refractivity contribution in [3.63, 3.8) is 0 Å². The normalized spacial score (nSPS) is 23.3. The average molecular weight is 743 g/mol. The highest BCUT2D eigenvalue weighted by atomic mass is 16.8. The number of phenolic OH excluding ortho intramolecular Hbond substituents is 1. The fourth-order valence-corrected chi connectivity index (χ4v) is 6.50. The van der Waals surface area contributed by atoms with Gasteiger partial charge in [-0.2, -0.15) is 0 Å². The van der Waals surface area contributed by atoms with Crippen molar-refractivity contribution in [1.82, 2.24) is 5.06 Å². The number of hydroxylamine groups is 2. The summed E-state index contributed by atoms with van der Waals surface area (Å²) in [6, 6.07) is 16.1. The summed E-state index contributed by atoms with van der Waals surface area (Å²) in [6.45, 7) is 4.04. The number of carbonyl (C=O) groups excluding carboxylic acids is 1. The molecule has 0 aliphatic carbocycles. The summed E-state index contributed by atoms with van der Waals surface area (Å²) in [5.41, 5.74) is 5.14. The molecule has 54 heavy (non-hydrogen) atoms. The first-order valence-corrected chi connectivity index (χ1v) is 16.6. The number of nitrogens with zero attached hydrogens (tertiary/aromatic N) is 2. The van der Waals surface area contributed by atoms with Gasteiger partial charge in [-0.3, -0.25) is 14.6 Å². The molecule has 7 rings (SSSR count). The SMILES string of the molecule is Cc1cc(C)cc(C2=C3N=CC=C3CN2O[C@@H]2[C@@H](Oc3ccc4c(=O)c(-c5ccc(O)cc5)coc4c3)O[C@@H]([C@@H](O)OC(=O)[C@H](O)C(=O)O)[C@H](O)[C@H]2O)c1. The van der Waals surface area contributed by atoms with E-state index < -0.39 is 55.0 Å². The number of aliphatic hydroxyl groups is 4. The van der Waals surface area contributed by atoms with E-state index in [1.165, 1.54) is 41.7 Å². The van der Waals surface area contributed by atoms with E-state index in [1.807, 2.05) is 32.0 Å². The van der Waals surface area contributed by atoms with Crippen LogP contribution in [0, 0.1) is 13.8 Å². The molecule has 3 aliphatic heterocycles. The van der Waals surface area contributed by atoms with Crippen LogP contribution in [-0.4, -0.2) is 104 Å². The van der Waals surface area contributed by atoms with Crippen molar-refractivity contribution >= 4 is 34.8 Å². The summed E-state index contributed by atoms with van der Waals surface area (Å²) in [4.78, 5) is 47.5.